The van der Waals surface area contributed by atoms with Crippen LogP contribution in [-0.2, 0) is 6.61 Å². The number of aliphatic hydroxyl groups excluding tert-OH is 1. The Morgan fingerprint density at radius 1 is 1.10 bits per heavy atom. The molecule has 1 aromatic heterocycles. The number of amides is 1. The van der Waals surface area contributed by atoms with E-state index in [0.29, 0.717) is 27.8 Å². The number of hydrogen-bond acceptors (Lipinski definition) is 5. The number of thiocarbonyl (C=S) groups is 1. The van der Waals surface area contributed by atoms with Crippen LogP contribution in [0, 0.1) is 0 Å². The van der Waals surface area contributed by atoms with Gasteiger partial charge in [0.15, 0.2) is 10.9 Å². The van der Waals surface area contributed by atoms with E-state index in [4.69, 9.17) is 61.3 Å². The molecule has 3 N–H and O–H groups in total. The Hall–Kier alpha value is -2.29. The van der Waals surface area contributed by atoms with Crippen molar-refractivity contribution in [1.82, 2.24) is 5.32 Å². The fourth-order valence-electron chi connectivity index (χ4n) is 2.62. The molecule has 6 nitrogen and oxygen atoms in total. The minimum absolute atomic E-state index is 0.0619. The number of carbonyl (C=O) groups is 1. The van der Waals surface area contributed by atoms with Gasteiger partial charge in [-0.15, -0.1) is 0 Å². The second-order valence-corrected chi connectivity index (χ2v) is 7.63. The Morgan fingerprint density at radius 2 is 1.80 bits per heavy atom. The van der Waals surface area contributed by atoms with Crippen molar-refractivity contribution < 1.29 is 19.1 Å². The number of carbonyl (C=O) groups excluding carboxylic acids is 1. The lowest BCUT2D eigenvalue weighted by Gasteiger charge is -2.12. The Kier molecular flexibility index (Phi) is 7.23. The minimum atomic E-state index is -0.494. The summed E-state index contributed by atoms with van der Waals surface area (Å²) in [5.41, 5.74) is 1.40. The van der Waals surface area contributed by atoms with Gasteiger partial charge in [0.25, 0.3) is 5.91 Å². The summed E-state index contributed by atoms with van der Waals surface area (Å²) in [6.45, 7) is -0.217. The van der Waals surface area contributed by atoms with Crippen LogP contribution >= 0.6 is 47.0 Å². The second-order valence-electron chi connectivity index (χ2n) is 6.00. The Labute approximate surface area is 192 Å². The van der Waals surface area contributed by atoms with Gasteiger partial charge >= 0.3 is 0 Å². The van der Waals surface area contributed by atoms with E-state index in [1.165, 1.54) is 19.2 Å². The quantitative estimate of drug-likeness (QED) is 0.412. The Bertz CT molecular complexity index is 1090. The van der Waals surface area contributed by atoms with Gasteiger partial charge in [-0.3, -0.25) is 10.1 Å². The molecule has 0 spiro atoms. The molecule has 0 unspecified atom stereocenters. The lowest BCUT2D eigenvalue weighted by atomic mass is 10.1. The summed E-state index contributed by atoms with van der Waals surface area (Å²) in [7, 11) is 1.43. The van der Waals surface area contributed by atoms with E-state index in [2.05, 4.69) is 10.6 Å². The Morgan fingerprint density at radius 3 is 2.40 bits per heavy atom. The van der Waals surface area contributed by atoms with Crippen LogP contribution in [0.2, 0.25) is 15.1 Å². The van der Waals surface area contributed by atoms with Crippen molar-refractivity contribution in [3.8, 4) is 17.1 Å². The lowest BCUT2D eigenvalue weighted by Crippen LogP contribution is -2.34. The number of rotatable bonds is 5. The van der Waals surface area contributed by atoms with Crippen molar-refractivity contribution in [3.63, 3.8) is 0 Å². The van der Waals surface area contributed by atoms with E-state index in [0.717, 1.165) is 0 Å². The number of methoxy groups -OCH3 is 1. The summed E-state index contributed by atoms with van der Waals surface area (Å²) in [5.74, 6) is 0.697. The molecule has 156 valence electrons. The molecular formula is C20H15Cl3N2O4S. The van der Waals surface area contributed by atoms with Crippen LogP contribution in [0.3, 0.4) is 0 Å². The highest BCUT2D eigenvalue weighted by Crippen LogP contribution is 2.34. The number of ether oxygens (including phenoxy) is 1. The number of anilines is 1. The van der Waals surface area contributed by atoms with Gasteiger partial charge in [0.2, 0.25) is 0 Å². The van der Waals surface area contributed by atoms with Crippen LogP contribution < -0.4 is 15.4 Å². The topological polar surface area (TPSA) is 83.7 Å². The highest BCUT2D eigenvalue weighted by molar-refractivity contribution is 7.80. The molecule has 0 saturated carbocycles. The highest BCUT2D eigenvalue weighted by atomic mass is 35.5. The first-order chi connectivity index (χ1) is 14.3. The van der Waals surface area contributed by atoms with Crippen LogP contribution in [0.25, 0.3) is 11.3 Å². The molecule has 0 aliphatic rings. The van der Waals surface area contributed by atoms with E-state index >= 15 is 0 Å². The van der Waals surface area contributed by atoms with Crippen molar-refractivity contribution in [1.29, 1.82) is 0 Å². The van der Waals surface area contributed by atoms with E-state index in [1.54, 1.807) is 30.3 Å². The molecule has 0 saturated heterocycles. The van der Waals surface area contributed by atoms with Crippen LogP contribution in [-0.4, -0.2) is 23.2 Å². The van der Waals surface area contributed by atoms with Crippen molar-refractivity contribution in [2.24, 2.45) is 0 Å². The molecule has 0 aliphatic carbocycles. The summed E-state index contributed by atoms with van der Waals surface area (Å²) in [6, 6.07) is 11.3. The smallest absolute Gasteiger partial charge is 0.257 e. The molecule has 3 aromatic rings. The number of nitrogens with one attached hydrogen (secondary N) is 2. The van der Waals surface area contributed by atoms with Crippen LogP contribution in [0.4, 0.5) is 5.69 Å². The van der Waals surface area contributed by atoms with Gasteiger partial charge in [-0.05, 0) is 54.7 Å². The third-order valence-corrected chi connectivity index (χ3v) is 5.09. The third kappa shape index (κ3) is 5.06. The van der Waals surface area contributed by atoms with Gasteiger partial charge in [-0.2, -0.15) is 0 Å². The van der Waals surface area contributed by atoms with Gasteiger partial charge in [0, 0.05) is 16.8 Å². The van der Waals surface area contributed by atoms with E-state index in [-0.39, 0.29) is 33.1 Å². The van der Waals surface area contributed by atoms with Crippen molar-refractivity contribution >= 4 is 63.7 Å². The number of benzene rings is 2. The summed E-state index contributed by atoms with van der Waals surface area (Å²) >= 11 is 23.6. The molecule has 0 radical (unpaired) electrons. The van der Waals surface area contributed by atoms with Gasteiger partial charge in [-0.25, -0.2) is 0 Å². The average molecular weight is 486 g/mol. The van der Waals surface area contributed by atoms with Gasteiger partial charge < -0.3 is 19.6 Å². The largest absolute Gasteiger partial charge is 0.494 e. The van der Waals surface area contributed by atoms with Gasteiger partial charge in [0.05, 0.1) is 22.2 Å². The Balaban J connectivity index is 1.73. The fraction of sp³-hybridized carbons (Fsp3) is 0.100. The molecular weight excluding hydrogens is 471 g/mol. The number of furan rings is 1. The highest BCUT2D eigenvalue weighted by Gasteiger charge is 2.15. The first-order valence-corrected chi connectivity index (χ1v) is 10.0. The lowest BCUT2D eigenvalue weighted by molar-refractivity contribution is 0.0977. The third-order valence-electron chi connectivity index (χ3n) is 4.00. The zero-order chi connectivity index (χ0) is 21.8. The maximum absolute atomic E-state index is 12.5. The van der Waals surface area contributed by atoms with Gasteiger partial charge in [0.1, 0.15) is 18.1 Å². The van der Waals surface area contributed by atoms with E-state index in [9.17, 15) is 4.79 Å². The molecule has 0 aliphatic heterocycles. The van der Waals surface area contributed by atoms with Crippen molar-refractivity contribution in [2.45, 2.75) is 6.61 Å². The fourth-order valence-corrected chi connectivity index (χ4v) is 3.69. The molecule has 2 aromatic carbocycles. The zero-order valence-corrected chi connectivity index (χ0v) is 18.5. The van der Waals surface area contributed by atoms with E-state index < -0.39 is 5.91 Å². The molecule has 0 fully saturated rings. The van der Waals surface area contributed by atoms with Crippen LogP contribution in [0.1, 0.15) is 16.1 Å². The van der Waals surface area contributed by atoms with Crippen molar-refractivity contribution in [3.05, 3.63) is 68.9 Å². The summed E-state index contributed by atoms with van der Waals surface area (Å²) in [6.07, 6.45) is 0. The maximum atomic E-state index is 12.5. The standard InChI is InChI=1S/C20H15Cl3N2O4S/c1-28-18-15(22)6-10(7-16(18)23)19(27)25-20(30)24-11-2-4-14(21)13(8-11)17-5-3-12(9-26)29-17/h2-8,26H,9H2,1H3,(H2,24,25,27,30). The monoisotopic (exact) mass is 484 g/mol. The average Bonchev–Trinajstić information content (AvgIpc) is 3.18. The summed E-state index contributed by atoms with van der Waals surface area (Å²) in [4.78, 5) is 12.5. The van der Waals surface area contributed by atoms with Crippen molar-refractivity contribution in [2.75, 3.05) is 12.4 Å². The normalized spacial score (nSPS) is 10.6. The molecule has 10 heteroatoms. The number of halogens is 3. The van der Waals surface area contributed by atoms with E-state index in [1.807, 2.05) is 0 Å². The molecule has 1 heterocycles. The van der Waals surface area contributed by atoms with Gasteiger partial charge in [-0.1, -0.05) is 34.8 Å². The summed E-state index contributed by atoms with van der Waals surface area (Å²) < 4.78 is 10.6. The second kappa shape index (κ2) is 9.68. The minimum Gasteiger partial charge on any atom is -0.494 e. The molecule has 0 atom stereocenters. The van der Waals surface area contributed by atoms with Crippen LogP contribution in [0.15, 0.2) is 46.9 Å². The first kappa shape index (κ1) is 22.4. The summed E-state index contributed by atoms with van der Waals surface area (Å²) in [5, 5.41) is 15.6. The first-order valence-electron chi connectivity index (χ1n) is 8.47. The predicted octanol–water partition coefficient (Wildman–Crippen LogP) is 5.53. The zero-order valence-electron chi connectivity index (χ0n) is 15.5. The molecule has 30 heavy (non-hydrogen) atoms. The number of hydrogen-bond donors (Lipinski definition) is 3. The maximum Gasteiger partial charge on any atom is 0.257 e. The molecule has 0 bridgehead atoms. The van der Waals surface area contributed by atoms with Crippen LogP contribution in [0.5, 0.6) is 5.75 Å². The molecule has 1 amide bonds. The molecule has 3 rings (SSSR count). The predicted molar refractivity (Wildman–Crippen MR) is 122 cm³/mol. The number of aliphatic hydroxyl groups is 1. The SMILES string of the molecule is COc1c(Cl)cc(C(=O)NC(=S)Nc2ccc(Cl)c(-c3ccc(CO)o3)c2)cc1Cl.